The largest absolute Gasteiger partial charge is 0.974 e. The van der Waals surface area contributed by atoms with Gasteiger partial charge in [-0.25, -0.2) is 0 Å². The molecule has 0 aromatic rings. The van der Waals surface area contributed by atoms with Crippen molar-refractivity contribution in [3.05, 3.63) is 0 Å². The van der Waals surface area contributed by atoms with E-state index in [1.54, 1.807) is 0 Å². The SMILES string of the molecule is CCCCC(CC)C(=O)O[Si](OC(=O)C(CC)CCCC)(OC(=O)C(CC)CCCC)OC(=O)C(CC)CCCC. The first kappa shape index (κ1) is 39.1. The molecule has 8 nitrogen and oxygen atoms in total. The van der Waals surface area contributed by atoms with Gasteiger partial charge < -0.3 is 17.7 Å². The first-order valence-electron chi connectivity index (χ1n) is 16.5. The second-order valence-electron chi connectivity index (χ2n) is 11.2. The summed E-state index contributed by atoms with van der Waals surface area (Å²) in [6.45, 7) is 15.6. The normalized spacial score (nSPS) is 15.6. The predicted molar refractivity (Wildman–Crippen MR) is 163 cm³/mol. The fourth-order valence-corrected chi connectivity index (χ4v) is 6.61. The zero-order valence-electron chi connectivity index (χ0n) is 27.4. The van der Waals surface area contributed by atoms with Crippen LogP contribution in [0.5, 0.6) is 0 Å². The average Bonchev–Trinajstić information content (AvgIpc) is 2.94. The van der Waals surface area contributed by atoms with Gasteiger partial charge in [-0.3, -0.25) is 19.2 Å². The Bertz CT molecular complexity index is 630. The Balaban J connectivity index is 6.69. The van der Waals surface area contributed by atoms with Crippen molar-refractivity contribution in [1.29, 1.82) is 0 Å². The highest BCUT2D eigenvalue weighted by molar-refractivity contribution is 6.61. The molecular formula is C32H60O8Si. The Morgan fingerprint density at radius 2 is 0.610 bits per heavy atom. The van der Waals surface area contributed by atoms with E-state index in [4.69, 9.17) is 17.7 Å². The number of hydrogen-bond donors (Lipinski definition) is 0. The molecule has 9 heteroatoms. The van der Waals surface area contributed by atoms with Crippen molar-refractivity contribution in [2.75, 3.05) is 0 Å². The number of carbonyl (C=O) groups excluding carboxylic acids is 4. The van der Waals surface area contributed by atoms with Gasteiger partial charge in [-0.05, 0) is 51.4 Å². The predicted octanol–water partition coefficient (Wildman–Crippen LogP) is 8.46. The van der Waals surface area contributed by atoms with E-state index in [1.165, 1.54) is 0 Å². The summed E-state index contributed by atoms with van der Waals surface area (Å²) >= 11 is 0. The van der Waals surface area contributed by atoms with Gasteiger partial charge in [0.1, 0.15) is 0 Å². The number of carbonyl (C=O) groups is 4. The zero-order valence-corrected chi connectivity index (χ0v) is 28.4. The molecule has 0 spiro atoms. The van der Waals surface area contributed by atoms with Crippen LogP contribution in [-0.4, -0.2) is 32.9 Å². The minimum Gasteiger partial charge on any atom is -0.422 e. The van der Waals surface area contributed by atoms with Crippen LogP contribution in [0.4, 0.5) is 0 Å². The van der Waals surface area contributed by atoms with Crippen molar-refractivity contribution < 1.29 is 36.9 Å². The van der Waals surface area contributed by atoms with Crippen LogP contribution < -0.4 is 0 Å². The fraction of sp³-hybridized carbons (Fsp3) is 0.875. The van der Waals surface area contributed by atoms with Crippen LogP contribution in [0.1, 0.15) is 158 Å². The van der Waals surface area contributed by atoms with Crippen LogP contribution in [0.15, 0.2) is 0 Å². The van der Waals surface area contributed by atoms with Crippen LogP contribution in [0.3, 0.4) is 0 Å². The Kier molecular flexibility index (Phi) is 21.6. The van der Waals surface area contributed by atoms with Crippen molar-refractivity contribution >= 4 is 32.9 Å². The summed E-state index contributed by atoms with van der Waals surface area (Å²) in [4.78, 5) is 54.1. The minimum atomic E-state index is -4.92. The Morgan fingerprint density at radius 3 is 0.756 bits per heavy atom. The van der Waals surface area contributed by atoms with E-state index in [0.717, 1.165) is 51.4 Å². The molecule has 4 unspecified atom stereocenters. The molecule has 0 aromatic carbocycles. The maximum absolute atomic E-state index is 13.5. The third-order valence-electron chi connectivity index (χ3n) is 7.83. The van der Waals surface area contributed by atoms with Crippen molar-refractivity contribution in [2.45, 2.75) is 158 Å². The highest BCUT2D eigenvalue weighted by Gasteiger charge is 2.64. The van der Waals surface area contributed by atoms with E-state index >= 15 is 0 Å². The van der Waals surface area contributed by atoms with Gasteiger partial charge in [-0.2, -0.15) is 0 Å². The molecule has 0 aromatic heterocycles. The maximum atomic E-state index is 13.5. The molecule has 4 atom stereocenters. The van der Waals surface area contributed by atoms with E-state index in [0.29, 0.717) is 51.4 Å². The molecule has 240 valence electrons. The van der Waals surface area contributed by atoms with E-state index in [1.807, 2.05) is 55.4 Å². The minimum absolute atomic E-state index is 0.495. The molecule has 0 bridgehead atoms. The molecule has 0 aliphatic carbocycles. The second-order valence-corrected chi connectivity index (χ2v) is 13.0. The van der Waals surface area contributed by atoms with Gasteiger partial charge in [0.2, 0.25) is 0 Å². The first-order chi connectivity index (χ1) is 19.6. The summed E-state index contributed by atoms with van der Waals surface area (Å²) < 4.78 is 23.5. The third-order valence-corrected chi connectivity index (χ3v) is 9.64. The molecule has 0 aliphatic heterocycles. The Hall–Kier alpha value is -1.90. The molecule has 0 N–H and O–H groups in total. The quantitative estimate of drug-likeness (QED) is 0.102. The number of rotatable bonds is 24. The maximum Gasteiger partial charge on any atom is 0.974 e. The number of hydrogen-bond acceptors (Lipinski definition) is 8. The summed E-state index contributed by atoms with van der Waals surface area (Å²) in [6.07, 6.45) is 11.1. The average molecular weight is 601 g/mol. The highest BCUT2D eigenvalue weighted by atomic mass is 28.4. The van der Waals surface area contributed by atoms with E-state index in [-0.39, 0.29) is 0 Å². The summed E-state index contributed by atoms with van der Waals surface area (Å²) in [5.41, 5.74) is 0. The molecule has 0 saturated heterocycles. The van der Waals surface area contributed by atoms with Crippen molar-refractivity contribution in [3.8, 4) is 0 Å². The Morgan fingerprint density at radius 1 is 0.415 bits per heavy atom. The van der Waals surface area contributed by atoms with Gasteiger partial charge >= 0.3 is 32.9 Å². The molecular weight excluding hydrogens is 540 g/mol. The van der Waals surface area contributed by atoms with E-state index in [9.17, 15) is 19.2 Å². The molecule has 0 aliphatic rings. The highest BCUT2D eigenvalue weighted by Crippen LogP contribution is 2.28. The van der Waals surface area contributed by atoms with Crippen molar-refractivity contribution in [1.82, 2.24) is 0 Å². The van der Waals surface area contributed by atoms with E-state index in [2.05, 4.69) is 0 Å². The van der Waals surface area contributed by atoms with E-state index < -0.39 is 56.6 Å². The molecule has 0 amide bonds. The van der Waals surface area contributed by atoms with Crippen molar-refractivity contribution in [3.63, 3.8) is 0 Å². The van der Waals surface area contributed by atoms with Gasteiger partial charge in [-0.15, -0.1) is 0 Å². The monoisotopic (exact) mass is 600 g/mol. The second kappa shape index (κ2) is 22.7. The topological polar surface area (TPSA) is 105 Å². The summed E-state index contributed by atoms with van der Waals surface area (Å²) in [7, 11) is -4.92. The van der Waals surface area contributed by atoms with Crippen LogP contribution in [0.2, 0.25) is 0 Å². The van der Waals surface area contributed by atoms with Gasteiger partial charge in [0.15, 0.2) is 0 Å². The number of unbranched alkanes of at least 4 members (excludes halogenated alkanes) is 4. The summed E-state index contributed by atoms with van der Waals surface area (Å²) in [5.74, 6) is -4.63. The van der Waals surface area contributed by atoms with Gasteiger partial charge in [0.25, 0.3) is 0 Å². The molecule has 41 heavy (non-hydrogen) atoms. The third kappa shape index (κ3) is 14.7. The molecule has 0 fully saturated rings. The molecule has 0 saturated carbocycles. The molecule has 0 heterocycles. The first-order valence-corrected chi connectivity index (χ1v) is 18.2. The van der Waals surface area contributed by atoms with Crippen molar-refractivity contribution in [2.24, 2.45) is 23.7 Å². The van der Waals surface area contributed by atoms with Gasteiger partial charge in [0, 0.05) is 0 Å². The lowest BCUT2D eigenvalue weighted by Gasteiger charge is -2.30. The summed E-state index contributed by atoms with van der Waals surface area (Å²) in [6, 6.07) is 0. The van der Waals surface area contributed by atoms with Crippen LogP contribution in [0, 0.1) is 23.7 Å². The van der Waals surface area contributed by atoms with Gasteiger partial charge in [0.05, 0.1) is 23.7 Å². The van der Waals surface area contributed by atoms with Crippen LogP contribution in [0.25, 0.3) is 0 Å². The molecule has 0 radical (unpaired) electrons. The lowest BCUT2D eigenvalue weighted by Crippen LogP contribution is -2.57. The zero-order chi connectivity index (χ0) is 31.3. The van der Waals surface area contributed by atoms with Crippen LogP contribution >= 0.6 is 0 Å². The lowest BCUT2D eigenvalue weighted by molar-refractivity contribution is -0.169. The van der Waals surface area contributed by atoms with Gasteiger partial charge in [-0.1, -0.05) is 107 Å². The summed E-state index contributed by atoms with van der Waals surface area (Å²) in [5, 5.41) is 0. The van der Waals surface area contributed by atoms with Crippen LogP contribution in [-0.2, 0) is 36.9 Å². The smallest absolute Gasteiger partial charge is 0.422 e. The Labute approximate surface area is 251 Å². The fourth-order valence-electron chi connectivity index (χ4n) is 4.71. The lowest BCUT2D eigenvalue weighted by atomic mass is 10.00. The standard InChI is InChI=1S/C32H60O8Si/c1-9-17-21-25(13-5)29(33)37-41(38-30(34)26(14-6)22-18-10-2,39-31(35)27(15-7)23-19-11-3)40-32(36)28(16-8)24-20-12-4/h25-28H,9-24H2,1-8H3. The molecule has 0 rings (SSSR count).